The van der Waals surface area contributed by atoms with Gasteiger partial charge >= 0.3 is 5.91 Å². The van der Waals surface area contributed by atoms with Crippen LogP contribution in [0.5, 0.6) is 5.75 Å². The molecule has 1 heterocycles. The molecule has 0 saturated heterocycles. The van der Waals surface area contributed by atoms with Crippen LogP contribution < -0.4 is 4.74 Å². The molecule has 0 radical (unpaired) electrons. The van der Waals surface area contributed by atoms with Crippen molar-refractivity contribution >= 4 is 33.2 Å². The van der Waals surface area contributed by atoms with Gasteiger partial charge in [0, 0.05) is 31.2 Å². The molecule has 0 fully saturated rings. The number of halogens is 1. The Morgan fingerprint density at radius 1 is 0.933 bits per heavy atom. The lowest BCUT2D eigenvalue weighted by molar-refractivity contribution is 0.100. The SMILES string of the molecule is O=NC(=O)c1ccc(-c2ccsc2-c2cc(Br)ccc2OCc2ccccc2)cc1. The Hall–Kier alpha value is -3.09. The average molecular weight is 478 g/mol. The zero-order valence-corrected chi connectivity index (χ0v) is 18.2. The van der Waals surface area contributed by atoms with E-state index in [4.69, 9.17) is 4.74 Å². The predicted octanol–water partition coefficient (Wildman–Crippen LogP) is 7.33. The molecule has 4 rings (SSSR count). The van der Waals surface area contributed by atoms with Gasteiger partial charge in [-0.3, -0.25) is 4.79 Å². The minimum atomic E-state index is -0.768. The smallest absolute Gasteiger partial charge is 0.316 e. The topological polar surface area (TPSA) is 55.7 Å². The van der Waals surface area contributed by atoms with E-state index in [1.54, 1.807) is 23.5 Å². The van der Waals surface area contributed by atoms with Gasteiger partial charge in [0.25, 0.3) is 0 Å². The number of carbonyl (C=O) groups excluding carboxylic acids is 1. The normalized spacial score (nSPS) is 10.6. The first-order valence-electron chi connectivity index (χ1n) is 9.18. The van der Waals surface area contributed by atoms with E-state index in [1.165, 1.54) is 0 Å². The highest BCUT2D eigenvalue weighted by molar-refractivity contribution is 9.10. The van der Waals surface area contributed by atoms with Crippen LogP contribution in [0, 0.1) is 4.91 Å². The number of amides is 1. The molecule has 0 spiro atoms. The second kappa shape index (κ2) is 9.15. The Morgan fingerprint density at radius 3 is 2.43 bits per heavy atom. The average Bonchev–Trinajstić information content (AvgIpc) is 3.28. The van der Waals surface area contributed by atoms with Crippen LogP contribution in [0.4, 0.5) is 0 Å². The van der Waals surface area contributed by atoms with Crippen LogP contribution in [0.25, 0.3) is 21.6 Å². The van der Waals surface area contributed by atoms with Crippen molar-refractivity contribution in [1.29, 1.82) is 0 Å². The number of carbonyl (C=O) groups is 1. The van der Waals surface area contributed by atoms with Crippen molar-refractivity contribution in [3.63, 3.8) is 0 Å². The number of rotatable bonds is 6. The van der Waals surface area contributed by atoms with Gasteiger partial charge in [0.1, 0.15) is 12.4 Å². The number of nitrogens with zero attached hydrogens (tertiary/aromatic N) is 1. The summed E-state index contributed by atoms with van der Waals surface area (Å²) in [5.41, 5.74) is 4.34. The van der Waals surface area contributed by atoms with Crippen LogP contribution in [-0.4, -0.2) is 5.91 Å². The number of benzene rings is 3. The van der Waals surface area contributed by atoms with E-state index in [0.29, 0.717) is 6.61 Å². The highest BCUT2D eigenvalue weighted by Gasteiger charge is 2.15. The van der Waals surface area contributed by atoms with Crippen LogP contribution in [0.2, 0.25) is 0 Å². The van der Waals surface area contributed by atoms with Gasteiger partial charge in [-0.15, -0.1) is 16.2 Å². The largest absolute Gasteiger partial charge is 0.488 e. The van der Waals surface area contributed by atoms with Gasteiger partial charge in [0.05, 0.1) is 0 Å². The van der Waals surface area contributed by atoms with Crippen molar-refractivity contribution in [2.45, 2.75) is 6.61 Å². The van der Waals surface area contributed by atoms with Crippen LogP contribution >= 0.6 is 27.3 Å². The molecule has 4 nitrogen and oxygen atoms in total. The monoisotopic (exact) mass is 477 g/mol. The first-order valence-corrected chi connectivity index (χ1v) is 10.9. The molecular formula is C24H16BrNO3S. The summed E-state index contributed by atoms with van der Waals surface area (Å²) in [6.45, 7) is 0.478. The van der Waals surface area contributed by atoms with Gasteiger partial charge in [-0.25, -0.2) is 0 Å². The molecule has 0 aliphatic carbocycles. The number of hydrogen-bond donors (Lipinski definition) is 0. The molecule has 148 valence electrons. The summed E-state index contributed by atoms with van der Waals surface area (Å²) in [6.07, 6.45) is 0. The van der Waals surface area contributed by atoms with Gasteiger partial charge in [-0.1, -0.05) is 58.4 Å². The Labute approximate surface area is 186 Å². The highest BCUT2D eigenvalue weighted by atomic mass is 79.9. The fraction of sp³-hybridized carbons (Fsp3) is 0.0417. The summed E-state index contributed by atoms with van der Waals surface area (Å²) in [5.74, 6) is 0.0263. The second-order valence-corrected chi connectivity index (χ2v) is 8.38. The van der Waals surface area contributed by atoms with E-state index >= 15 is 0 Å². The maximum atomic E-state index is 11.5. The fourth-order valence-corrected chi connectivity index (χ4v) is 4.43. The molecule has 0 aliphatic rings. The minimum Gasteiger partial charge on any atom is -0.488 e. The third-order valence-corrected chi connectivity index (χ3v) is 6.06. The molecule has 0 aliphatic heterocycles. The van der Waals surface area contributed by atoms with Crippen LogP contribution in [0.3, 0.4) is 0 Å². The molecule has 0 N–H and O–H groups in total. The third-order valence-electron chi connectivity index (χ3n) is 4.61. The van der Waals surface area contributed by atoms with E-state index in [0.717, 1.165) is 37.4 Å². The van der Waals surface area contributed by atoms with Gasteiger partial charge in [-0.2, -0.15) is 0 Å². The summed E-state index contributed by atoms with van der Waals surface area (Å²) < 4.78 is 7.11. The molecular weight excluding hydrogens is 462 g/mol. The van der Waals surface area contributed by atoms with Crippen LogP contribution in [-0.2, 0) is 6.61 Å². The summed E-state index contributed by atoms with van der Waals surface area (Å²) in [4.78, 5) is 23.0. The molecule has 1 aromatic heterocycles. The Bertz CT molecular complexity index is 1190. The Kier molecular flexibility index (Phi) is 6.16. The molecule has 3 aromatic carbocycles. The van der Waals surface area contributed by atoms with Crippen molar-refractivity contribution in [2.24, 2.45) is 5.18 Å². The van der Waals surface area contributed by atoms with E-state index in [-0.39, 0.29) is 5.56 Å². The Balaban J connectivity index is 1.68. The maximum absolute atomic E-state index is 11.5. The zero-order valence-electron chi connectivity index (χ0n) is 15.7. The molecule has 0 atom stereocenters. The van der Waals surface area contributed by atoms with E-state index in [2.05, 4.69) is 21.1 Å². The maximum Gasteiger partial charge on any atom is 0.316 e. The van der Waals surface area contributed by atoms with Crippen molar-refractivity contribution in [1.82, 2.24) is 0 Å². The first kappa shape index (κ1) is 20.2. The molecule has 30 heavy (non-hydrogen) atoms. The van der Waals surface area contributed by atoms with Crippen LogP contribution in [0.15, 0.2) is 93.9 Å². The lowest BCUT2D eigenvalue weighted by Crippen LogP contribution is -1.97. The van der Waals surface area contributed by atoms with E-state index in [9.17, 15) is 9.70 Å². The van der Waals surface area contributed by atoms with Crippen molar-refractivity contribution in [3.05, 3.63) is 105 Å². The van der Waals surface area contributed by atoms with Gasteiger partial charge < -0.3 is 4.74 Å². The molecule has 0 saturated carbocycles. The first-order chi connectivity index (χ1) is 14.7. The van der Waals surface area contributed by atoms with Crippen LogP contribution in [0.1, 0.15) is 15.9 Å². The third kappa shape index (κ3) is 4.40. The molecule has 0 bridgehead atoms. The summed E-state index contributed by atoms with van der Waals surface area (Å²) in [6, 6.07) is 24.9. The lowest BCUT2D eigenvalue weighted by Gasteiger charge is -2.13. The van der Waals surface area contributed by atoms with Gasteiger partial charge in [-0.05, 0) is 52.9 Å². The molecule has 1 amide bonds. The van der Waals surface area contributed by atoms with E-state index in [1.807, 2.05) is 72.1 Å². The second-order valence-electron chi connectivity index (χ2n) is 6.55. The summed E-state index contributed by atoms with van der Waals surface area (Å²) in [7, 11) is 0. The van der Waals surface area contributed by atoms with Crippen molar-refractivity contribution < 1.29 is 9.53 Å². The lowest BCUT2D eigenvalue weighted by atomic mass is 10.0. The summed E-state index contributed by atoms with van der Waals surface area (Å²) >= 11 is 5.18. The van der Waals surface area contributed by atoms with Gasteiger partial charge in [0.15, 0.2) is 0 Å². The molecule has 4 aromatic rings. The van der Waals surface area contributed by atoms with Crippen molar-refractivity contribution in [2.75, 3.05) is 0 Å². The number of nitroso groups, excluding NO2 is 1. The number of thiophene rings is 1. The Morgan fingerprint density at radius 2 is 1.70 bits per heavy atom. The zero-order chi connectivity index (χ0) is 20.9. The van der Waals surface area contributed by atoms with E-state index < -0.39 is 5.91 Å². The van der Waals surface area contributed by atoms with Crippen molar-refractivity contribution in [3.8, 4) is 27.3 Å². The summed E-state index contributed by atoms with van der Waals surface area (Å²) in [5, 5.41) is 4.50. The number of ether oxygens (including phenoxy) is 1. The highest BCUT2D eigenvalue weighted by Crippen LogP contribution is 2.42. The fourth-order valence-electron chi connectivity index (χ4n) is 3.13. The quantitative estimate of drug-likeness (QED) is 0.273. The molecule has 6 heteroatoms. The standard InChI is InChI=1S/C24H16BrNO3S/c25-19-10-11-22(29-15-16-4-2-1-3-5-16)21(14-19)23-20(12-13-30-23)17-6-8-18(9-7-17)24(27)26-28/h1-14H,15H2. The number of hydrogen-bond acceptors (Lipinski definition) is 4. The predicted molar refractivity (Wildman–Crippen MR) is 124 cm³/mol. The minimum absolute atomic E-state index is 0.278. The van der Waals surface area contributed by atoms with Gasteiger partial charge in [0.2, 0.25) is 0 Å². The molecule has 0 unspecified atom stereocenters.